The Morgan fingerprint density at radius 2 is 2.24 bits per heavy atom. The molecule has 5 nitrogen and oxygen atoms in total. The maximum absolute atomic E-state index is 12.9. The third kappa shape index (κ3) is 4.40. The van der Waals surface area contributed by atoms with Gasteiger partial charge in [-0.25, -0.2) is 0 Å². The number of aryl methyl sites for hydroxylation is 1. The zero-order valence-corrected chi connectivity index (χ0v) is 15.5. The SMILES string of the molecule is CCOC(=O)C1(Cc2ccccc2C)CCCN(CC2CCNN2)C1. The topological polar surface area (TPSA) is 53.6 Å². The first-order valence-electron chi connectivity index (χ1n) is 9.55. The molecule has 0 spiro atoms. The van der Waals surface area contributed by atoms with Gasteiger partial charge in [0.1, 0.15) is 0 Å². The van der Waals surface area contributed by atoms with E-state index >= 15 is 0 Å². The van der Waals surface area contributed by atoms with Crippen molar-refractivity contribution >= 4 is 5.97 Å². The van der Waals surface area contributed by atoms with E-state index in [0.29, 0.717) is 12.6 Å². The van der Waals surface area contributed by atoms with E-state index in [9.17, 15) is 4.79 Å². The summed E-state index contributed by atoms with van der Waals surface area (Å²) < 4.78 is 5.52. The van der Waals surface area contributed by atoms with Crippen molar-refractivity contribution in [1.82, 2.24) is 15.8 Å². The molecule has 5 heteroatoms. The molecule has 138 valence electrons. The monoisotopic (exact) mass is 345 g/mol. The molecular weight excluding hydrogens is 314 g/mol. The van der Waals surface area contributed by atoms with E-state index in [1.165, 1.54) is 11.1 Å². The third-order valence-electron chi connectivity index (χ3n) is 5.56. The van der Waals surface area contributed by atoms with Crippen LogP contribution in [0.1, 0.15) is 37.3 Å². The minimum atomic E-state index is -0.424. The van der Waals surface area contributed by atoms with Crippen LogP contribution in [0.4, 0.5) is 0 Å². The summed E-state index contributed by atoms with van der Waals surface area (Å²) in [7, 11) is 0. The molecule has 2 saturated heterocycles. The molecule has 3 rings (SSSR count). The van der Waals surface area contributed by atoms with Gasteiger partial charge < -0.3 is 9.64 Å². The Bertz CT molecular complexity index is 586. The molecule has 2 aliphatic heterocycles. The minimum Gasteiger partial charge on any atom is -0.466 e. The number of nitrogens with one attached hydrogen (secondary N) is 2. The Kier molecular flexibility index (Phi) is 6.10. The molecule has 2 heterocycles. The van der Waals surface area contributed by atoms with Crippen LogP contribution in [0.15, 0.2) is 24.3 Å². The number of rotatable bonds is 6. The fourth-order valence-electron chi connectivity index (χ4n) is 4.21. The Morgan fingerprint density at radius 3 is 2.96 bits per heavy atom. The number of hydrogen-bond donors (Lipinski definition) is 2. The largest absolute Gasteiger partial charge is 0.466 e. The summed E-state index contributed by atoms with van der Waals surface area (Å²) in [5, 5.41) is 0. The number of piperidine rings is 1. The summed E-state index contributed by atoms with van der Waals surface area (Å²) in [5.74, 6) is -0.0274. The molecule has 25 heavy (non-hydrogen) atoms. The Morgan fingerprint density at radius 1 is 1.40 bits per heavy atom. The summed E-state index contributed by atoms with van der Waals surface area (Å²) in [6, 6.07) is 8.87. The van der Waals surface area contributed by atoms with E-state index < -0.39 is 5.41 Å². The fraction of sp³-hybridized carbons (Fsp3) is 0.650. The Labute approximate surface area is 151 Å². The number of carbonyl (C=O) groups excluding carboxylic acids is 1. The molecular formula is C20H31N3O2. The normalized spacial score (nSPS) is 27.4. The van der Waals surface area contributed by atoms with Gasteiger partial charge in [-0.2, -0.15) is 0 Å². The van der Waals surface area contributed by atoms with Crippen LogP contribution in [0.5, 0.6) is 0 Å². The molecule has 1 aromatic rings. The second-order valence-corrected chi connectivity index (χ2v) is 7.50. The smallest absolute Gasteiger partial charge is 0.313 e. The van der Waals surface area contributed by atoms with Gasteiger partial charge in [-0.15, -0.1) is 0 Å². The van der Waals surface area contributed by atoms with Crippen LogP contribution in [0, 0.1) is 12.3 Å². The van der Waals surface area contributed by atoms with Crippen LogP contribution >= 0.6 is 0 Å². The molecule has 0 radical (unpaired) electrons. The van der Waals surface area contributed by atoms with E-state index in [-0.39, 0.29) is 5.97 Å². The van der Waals surface area contributed by atoms with Crippen molar-refractivity contribution in [3.8, 4) is 0 Å². The lowest BCUT2D eigenvalue weighted by Crippen LogP contribution is -2.52. The maximum atomic E-state index is 12.9. The molecule has 2 aliphatic rings. The molecule has 2 N–H and O–H groups in total. The molecule has 0 bridgehead atoms. The van der Waals surface area contributed by atoms with Crippen molar-refractivity contribution in [1.29, 1.82) is 0 Å². The summed E-state index contributed by atoms with van der Waals surface area (Å²) in [5.41, 5.74) is 8.63. The van der Waals surface area contributed by atoms with Gasteiger partial charge in [-0.1, -0.05) is 24.3 Å². The maximum Gasteiger partial charge on any atom is 0.313 e. The first-order valence-corrected chi connectivity index (χ1v) is 9.55. The number of ether oxygens (including phenoxy) is 1. The van der Waals surface area contributed by atoms with Crippen LogP contribution in [0.2, 0.25) is 0 Å². The second kappa shape index (κ2) is 8.30. The summed E-state index contributed by atoms with van der Waals surface area (Å²) in [4.78, 5) is 15.4. The first-order chi connectivity index (χ1) is 12.1. The Balaban J connectivity index is 1.78. The van der Waals surface area contributed by atoms with Gasteiger partial charge in [-0.05, 0) is 57.2 Å². The molecule has 0 aliphatic carbocycles. The molecule has 2 fully saturated rings. The average molecular weight is 345 g/mol. The van der Waals surface area contributed by atoms with Crippen molar-refractivity contribution in [2.45, 2.75) is 45.6 Å². The summed E-state index contributed by atoms with van der Waals surface area (Å²) >= 11 is 0. The van der Waals surface area contributed by atoms with Crippen LogP contribution in [0.3, 0.4) is 0 Å². The zero-order chi connectivity index (χ0) is 17.7. The van der Waals surface area contributed by atoms with Crippen LogP contribution < -0.4 is 10.9 Å². The average Bonchev–Trinajstić information content (AvgIpc) is 3.10. The van der Waals surface area contributed by atoms with Gasteiger partial charge in [0, 0.05) is 25.7 Å². The van der Waals surface area contributed by atoms with Gasteiger partial charge in [0.25, 0.3) is 0 Å². The van der Waals surface area contributed by atoms with Crippen molar-refractivity contribution in [3.63, 3.8) is 0 Å². The number of hydrazine groups is 1. The second-order valence-electron chi connectivity index (χ2n) is 7.50. The molecule has 2 atom stereocenters. The third-order valence-corrected chi connectivity index (χ3v) is 5.56. The number of hydrogen-bond acceptors (Lipinski definition) is 5. The molecule has 0 aromatic heterocycles. The highest BCUT2D eigenvalue weighted by Gasteiger charge is 2.44. The number of nitrogens with zero attached hydrogens (tertiary/aromatic N) is 1. The highest BCUT2D eigenvalue weighted by Crippen LogP contribution is 2.36. The van der Waals surface area contributed by atoms with Gasteiger partial charge in [0.05, 0.1) is 12.0 Å². The van der Waals surface area contributed by atoms with Crippen molar-refractivity contribution < 1.29 is 9.53 Å². The van der Waals surface area contributed by atoms with E-state index in [0.717, 1.165) is 51.9 Å². The van der Waals surface area contributed by atoms with Crippen LogP contribution in [-0.4, -0.2) is 49.7 Å². The first kappa shape index (κ1) is 18.4. The van der Waals surface area contributed by atoms with Gasteiger partial charge >= 0.3 is 5.97 Å². The quantitative estimate of drug-likeness (QED) is 0.773. The standard InChI is InChI=1S/C20H31N3O2/c1-3-25-19(24)20(13-17-8-5-4-7-16(17)2)10-6-12-23(15-20)14-18-9-11-21-22-18/h4-5,7-8,18,21-22H,3,6,9-15H2,1-2H3. The van der Waals surface area contributed by atoms with Gasteiger partial charge in [0.15, 0.2) is 0 Å². The lowest BCUT2D eigenvalue weighted by molar-refractivity contribution is -0.159. The highest BCUT2D eigenvalue weighted by atomic mass is 16.5. The van der Waals surface area contributed by atoms with Crippen LogP contribution in [-0.2, 0) is 16.0 Å². The van der Waals surface area contributed by atoms with Gasteiger partial charge in [0.2, 0.25) is 0 Å². The molecule has 0 saturated carbocycles. The van der Waals surface area contributed by atoms with E-state index in [1.54, 1.807) is 0 Å². The van der Waals surface area contributed by atoms with E-state index in [4.69, 9.17) is 4.74 Å². The zero-order valence-electron chi connectivity index (χ0n) is 15.5. The van der Waals surface area contributed by atoms with E-state index in [1.807, 2.05) is 6.92 Å². The van der Waals surface area contributed by atoms with Crippen molar-refractivity contribution in [3.05, 3.63) is 35.4 Å². The van der Waals surface area contributed by atoms with Crippen molar-refractivity contribution in [2.24, 2.45) is 5.41 Å². The Hall–Kier alpha value is -1.43. The number of carbonyl (C=O) groups is 1. The highest BCUT2D eigenvalue weighted by molar-refractivity contribution is 5.78. The number of esters is 1. The van der Waals surface area contributed by atoms with Crippen LogP contribution in [0.25, 0.3) is 0 Å². The lowest BCUT2D eigenvalue weighted by atomic mass is 9.74. The summed E-state index contributed by atoms with van der Waals surface area (Å²) in [6.07, 6.45) is 3.86. The van der Waals surface area contributed by atoms with Gasteiger partial charge in [-0.3, -0.25) is 15.6 Å². The molecule has 2 unspecified atom stereocenters. The summed E-state index contributed by atoms with van der Waals surface area (Å²) in [6.45, 7) is 8.33. The van der Waals surface area contributed by atoms with Crippen molar-refractivity contribution in [2.75, 3.05) is 32.8 Å². The number of benzene rings is 1. The lowest BCUT2D eigenvalue weighted by Gasteiger charge is -2.42. The molecule has 0 amide bonds. The number of likely N-dealkylation sites (tertiary alicyclic amines) is 1. The fourth-order valence-corrected chi connectivity index (χ4v) is 4.21. The predicted octanol–water partition coefficient (Wildman–Crippen LogP) is 2.05. The predicted molar refractivity (Wildman–Crippen MR) is 99.2 cm³/mol. The van der Waals surface area contributed by atoms with E-state index in [2.05, 4.69) is 46.9 Å². The molecule has 1 aromatic carbocycles. The minimum absolute atomic E-state index is 0.0274.